The Morgan fingerprint density at radius 3 is 2.15 bits per heavy atom. The molecule has 1 aromatic rings. The fourth-order valence-corrected chi connectivity index (χ4v) is 10.6. The Hall–Kier alpha value is -2.96. The van der Waals surface area contributed by atoms with Crippen LogP contribution in [0.25, 0.3) is 0 Å². The molecule has 2 bridgehead atoms. The van der Waals surface area contributed by atoms with E-state index in [1.54, 1.807) is 54.5 Å². The topological polar surface area (TPSA) is 168 Å². The molecule has 2 saturated carbocycles. The van der Waals surface area contributed by atoms with Crippen LogP contribution in [0.1, 0.15) is 92.7 Å². The van der Waals surface area contributed by atoms with Crippen LogP contribution in [0.5, 0.6) is 0 Å². The number of hydrogen-bond donors (Lipinski definition) is 2. The lowest BCUT2D eigenvalue weighted by molar-refractivity contribution is -0.386. The van der Waals surface area contributed by atoms with Gasteiger partial charge in [0.05, 0.1) is 37.9 Å². The van der Waals surface area contributed by atoms with E-state index in [1.807, 2.05) is 6.92 Å². The number of hydrogen-bond acceptors (Lipinski definition) is 12. The molecule has 5 fully saturated rings. The van der Waals surface area contributed by atoms with E-state index in [9.17, 15) is 29.4 Å². The first-order chi connectivity index (χ1) is 21.8. The van der Waals surface area contributed by atoms with Crippen LogP contribution in [0.3, 0.4) is 0 Å². The maximum Gasteiger partial charge on any atom is 0.308 e. The van der Waals surface area contributed by atoms with Crippen LogP contribution in [0.4, 0.5) is 0 Å². The van der Waals surface area contributed by atoms with Crippen molar-refractivity contribution in [1.29, 1.82) is 0 Å². The Balaban J connectivity index is 1.64. The predicted octanol–water partition coefficient (Wildman–Crippen LogP) is 3.86. The van der Waals surface area contributed by atoms with Gasteiger partial charge in [-0.05, 0) is 24.8 Å². The smallest absolute Gasteiger partial charge is 0.308 e. The molecule has 6 rings (SSSR count). The van der Waals surface area contributed by atoms with Gasteiger partial charge in [-0.25, -0.2) is 0 Å². The molecule has 2 aliphatic carbocycles. The zero-order chi connectivity index (χ0) is 34.7. The van der Waals surface area contributed by atoms with Gasteiger partial charge < -0.3 is 38.3 Å². The minimum absolute atomic E-state index is 0.152. The second-order valence-electron chi connectivity index (χ2n) is 16.1. The molecule has 12 heteroatoms. The van der Waals surface area contributed by atoms with Crippen molar-refractivity contribution in [2.45, 2.75) is 116 Å². The Bertz CT molecular complexity index is 1470. The highest BCUT2D eigenvalue weighted by atomic mass is 16.7. The number of methoxy groups -OCH3 is 1. The first kappa shape index (κ1) is 33.9. The van der Waals surface area contributed by atoms with Crippen molar-refractivity contribution in [3.8, 4) is 0 Å². The SMILES string of the molecule is COC(=O)C[C@H]1C(C)(C)[C@H](OC(=O)C(C)C)[C@]2(O)[C@@H](OC(=O)C(C)C)[C@@]34OC2(O)[C@]1(C)[C@H]3CC[C@]1(C)[C@H]4CC(=O)O[C@H]1c1ccoc1. The maximum atomic E-state index is 13.6. The molecular formula is C35H48O12. The molecular weight excluding hydrogens is 612 g/mol. The summed E-state index contributed by atoms with van der Waals surface area (Å²) < 4.78 is 35.9. The third-order valence-electron chi connectivity index (χ3n) is 12.8. The van der Waals surface area contributed by atoms with Crippen LogP contribution in [-0.2, 0) is 42.9 Å². The van der Waals surface area contributed by atoms with Crippen LogP contribution < -0.4 is 0 Å². The minimum atomic E-state index is -2.51. The standard InChI is InChI=1S/C35H48O12/c1-17(2)26(38)45-28-30(5,6)21(14-23(36)42-9)32(8)20-10-12-31(7)22(15-24(37)44-25(31)19-11-13-43-16-19)33(20)29(46-27(39)18(3)4)34(28,40)35(32,41)47-33/h11,13,16-18,20-22,25,28-29,40-41H,10,12,14-15H2,1-9H3/t20-,21+,22-,25+,28+,29+,31-,32-,33-,34+,35?/m1/s1. The van der Waals surface area contributed by atoms with E-state index < -0.39 is 105 Å². The molecule has 4 heterocycles. The first-order valence-electron chi connectivity index (χ1n) is 16.6. The number of carbonyl (C=O) groups is 4. The molecule has 2 N–H and O–H groups in total. The Kier molecular flexibility index (Phi) is 7.59. The lowest BCUT2D eigenvalue weighted by Crippen LogP contribution is -2.85. The normalized spacial score (nSPS) is 44.4. The third kappa shape index (κ3) is 4.03. The fraction of sp³-hybridized carbons (Fsp3) is 0.771. The molecule has 47 heavy (non-hydrogen) atoms. The summed E-state index contributed by atoms with van der Waals surface area (Å²) in [6.45, 7) is 13.9. The monoisotopic (exact) mass is 660 g/mol. The number of carbonyl (C=O) groups excluding carboxylic acids is 4. The summed E-state index contributed by atoms with van der Waals surface area (Å²) in [5.74, 6) is -8.22. The van der Waals surface area contributed by atoms with Crippen molar-refractivity contribution in [1.82, 2.24) is 0 Å². The van der Waals surface area contributed by atoms with Gasteiger partial charge in [-0.2, -0.15) is 0 Å². The van der Waals surface area contributed by atoms with E-state index in [2.05, 4.69) is 0 Å². The number of cyclic esters (lactones) is 1. The molecule has 0 aromatic carbocycles. The number of furan rings is 1. The van der Waals surface area contributed by atoms with Crippen LogP contribution in [0.2, 0.25) is 0 Å². The van der Waals surface area contributed by atoms with Gasteiger partial charge in [0.15, 0.2) is 11.7 Å². The molecule has 1 aromatic heterocycles. The van der Waals surface area contributed by atoms with Crippen molar-refractivity contribution in [3.63, 3.8) is 0 Å². The summed E-state index contributed by atoms with van der Waals surface area (Å²) in [6, 6.07) is 1.73. The molecule has 260 valence electrons. The van der Waals surface area contributed by atoms with Crippen molar-refractivity contribution < 1.29 is 57.5 Å². The Morgan fingerprint density at radius 1 is 0.979 bits per heavy atom. The van der Waals surface area contributed by atoms with Crippen LogP contribution in [-0.4, -0.2) is 70.4 Å². The van der Waals surface area contributed by atoms with Crippen molar-refractivity contribution in [3.05, 3.63) is 24.2 Å². The average Bonchev–Trinajstić information content (AvgIpc) is 3.65. The first-order valence-corrected chi connectivity index (χ1v) is 16.6. The summed E-state index contributed by atoms with van der Waals surface area (Å²) in [5, 5.41) is 26.5. The largest absolute Gasteiger partial charge is 0.472 e. The van der Waals surface area contributed by atoms with Crippen molar-refractivity contribution in [2.75, 3.05) is 7.11 Å². The van der Waals surface area contributed by atoms with Crippen molar-refractivity contribution >= 4 is 23.9 Å². The molecule has 1 unspecified atom stereocenters. The highest BCUT2D eigenvalue weighted by molar-refractivity contribution is 5.75. The van der Waals surface area contributed by atoms with Gasteiger partial charge in [0.25, 0.3) is 0 Å². The molecule has 3 aliphatic heterocycles. The van der Waals surface area contributed by atoms with Gasteiger partial charge in [-0.1, -0.05) is 55.4 Å². The summed E-state index contributed by atoms with van der Waals surface area (Å²) >= 11 is 0. The number of fused-ring (bicyclic) bond motifs is 2. The average molecular weight is 661 g/mol. The zero-order valence-electron chi connectivity index (χ0n) is 28.7. The van der Waals surface area contributed by atoms with E-state index in [0.29, 0.717) is 18.4 Å². The Labute approximate surface area is 274 Å². The van der Waals surface area contributed by atoms with Crippen LogP contribution >= 0.6 is 0 Å². The third-order valence-corrected chi connectivity index (χ3v) is 12.8. The van der Waals surface area contributed by atoms with Crippen molar-refractivity contribution in [2.24, 2.45) is 45.8 Å². The Morgan fingerprint density at radius 2 is 1.60 bits per heavy atom. The van der Waals surface area contributed by atoms with Gasteiger partial charge in [0, 0.05) is 40.1 Å². The molecule has 1 spiro atoms. The number of rotatable bonds is 7. The molecule has 5 aliphatic rings. The lowest BCUT2D eigenvalue weighted by Gasteiger charge is -2.70. The van der Waals surface area contributed by atoms with Crippen LogP contribution in [0.15, 0.2) is 23.0 Å². The van der Waals surface area contributed by atoms with Gasteiger partial charge >= 0.3 is 23.9 Å². The fourth-order valence-electron chi connectivity index (χ4n) is 10.6. The molecule has 11 atom stereocenters. The second kappa shape index (κ2) is 10.5. The van der Waals surface area contributed by atoms with E-state index in [0.717, 1.165) is 0 Å². The minimum Gasteiger partial charge on any atom is -0.472 e. The van der Waals surface area contributed by atoms with E-state index in [4.69, 9.17) is 28.1 Å². The highest BCUT2D eigenvalue weighted by Gasteiger charge is 2.96. The van der Waals surface area contributed by atoms with Gasteiger partial charge in [0.2, 0.25) is 5.79 Å². The van der Waals surface area contributed by atoms with E-state index >= 15 is 0 Å². The molecule has 0 radical (unpaired) electrons. The summed E-state index contributed by atoms with van der Waals surface area (Å²) in [6.07, 6.45) is -0.213. The van der Waals surface area contributed by atoms with Crippen LogP contribution in [0, 0.1) is 45.8 Å². The lowest BCUT2D eigenvalue weighted by atomic mass is 9.35. The molecule has 0 amide bonds. The quantitative estimate of drug-likeness (QED) is 0.321. The summed E-state index contributed by atoms with van der Waals surface area (Å²) in [7, 11) is 1.28. The van der Waals surface area contributed by atoms with Gasteiger partial charge in [-0.3, -0.25) is 19.2 Å². The van der Waals surface area contributed by atoms with Gasteiger partial charge in [0.1, 0.15) is 17.8 Å². The second-order valence-corrected chi connectivity index (χ2v) is 16.1. The van der Waals surface area contributed by atoms with Gasteiger partial charge in [-0.15, -0.1) is 0 Å². The number of ether oxygens (including phenoxy) is 5. The summed E-state index contributed by atoms with van der Waals surface area (Å²) in [5.41, 5.74) is -6.89. The zero-order valence-corrected chi connectivity index (χ0v) is 28.7. The van der Waals surface area contributed by atoms with E-state index in [-0.39, 0.29) is 12.8 Å². The van der Waals surface area contributed by atoms with E-state index in [1.165, 1.54) is 19.6 Å². The predicted molar refractivity (Wildman–Crippen MR) is 162 cm³/mol. The number of aliphatic hydroxyl groups is 2. The molecule has 3 saturated heterocycles. The maximum absolute atomic E-state index is 13.6. The summed E-state index contributed by atoms with van der Waals surface area (Å²) in [4.78, 5) is 53.6. The number of esters is 4. The highest BCUT2D eigenvalue weighted by Crippen LogP contribution is 2.82. The molecule has 12 nitrogen and oxygen atoms in total.